The van der Waals surface area contributed by atoms with Gasteiger partial charge in [-0.05, 0) is 80.3 Å². The van der Waals surface area contributed by atoms with Gasteiger partial charge in [-0.25, -0.2) is 0 Å². The minimum atomic E-state index is 0.374. The highest BCUT2D eigenvalue weighted by Gasteiger charge is 2.21. The maximum Gasteiger partial charge on any atom is 0.231 e. The van der Waals surface area contributed by atoms with Gasteiger partial charge in [0, 0.05) is 38.5 Å². The molecular weight excluding hydrogens is 480 g/mol. The number of hydrogen-bond acceptors (Lipinski definition) is 8. The summed E-state index contributed by atoms with van der Waals surface area (Å²) in [6.45, 7) is 4.77. The lowest BCUT2D eigenvalue weighted by Crippen LogP contribution is -2.45. The van der Waals surface area contributed by atoms with Gasteiger partial charge in [-0.1, -0.05) is 48.2 Å². The Hall–Kier alpha value is -2.84. The van der Waals surface area contributed by atoms with Crippen molar-refractivity contribution in [2.24, 2.45) is 5.92 Å². The molecule has 37 heavy (non-hydrogen) atoms. The first-order valence-electron chi connectivity index (χ1n) is 13.5. The van der Waals surface area contributed by atoms with Gasteiger partial charge in [0.05, 0.1) is 0 Å². The van der Waals surface area contributed by atoms with E-state index in [-0.39, 0.29) is 0 Å². The third-order valence-corrected chi connectivity index (χ3v) is 8.36. The number of fused-ring (bicyclic) bond motifs is 1. The monoisotopic (exact) mass is 518 g/mol. The molecule has 2 N–H and O–H groups in total. The predicted molar refractivity (Wildman–Crippen MR) is 152 cm³/mol. The second kappa shape index (κ2) is 12.6. The molecular formula is C29H38N6OS. The largest absolute Gasteiger partial charge is 0.508 e. The number of hydrogen-bond donors (Lipinski definition) is 2. The van der Waals surface area contributed by atoms with Crippen molar-refractivity contribution in [2.75, 3.05) is 55.7 Å². The summed E-state index contributed by atoms with van der Waals surface area (Å²) in [7, 11) is 2.16. The quantitative estimate of drug-likeness (QED) is 0.296. The van der Waals surface area contributed by atoms with Crippen LogP contribution in [-0.4, -0.2) is 70.5 Å². The molecule has 1 fully saturated rings. The van der Waals surface area contributed by atoms with Crippen LogP contribution in [0.15, 0.2) is 53.7 Å². The Morgan fingerprint density at radius 1 is 1.00 bits per heavy atom. The standard InChI is InChI=1S/C29H38N6OS/c1-34-15-17-35(18-16-34)28-31-27(32-29(33-28)37-19-5-8-22-6-3-2-4-7-22)30-14-13-23-9-10-25-21-26(36)12-11-24(25)20-23/h2-4,6-7,11-12,21,23,36H,5,8-10,13-20H2,1H3,(H,30,31,32,33). The molecule has 0 amide bonds. The Bertz CT molecular complexity index is 1150. The van der Waals surface area contributed by atoms with Gasteiger partial charge in [0.25, 0.3) is 0 Å². The third kappa shape index (κ3) is 7.36. The SMILES string of the molecule is CN1CCN(c2nc(NCCC3CCc4cc(O)ccc4C3)nc(SCCCc3ccccc3)n2)CC1. The first-order chi connectivity index (χ1) is 18.1. The highest BCUT2D eigenvalue weighted by molar-refractivity contribution is 7.99. The zero-order valence-electron chi connectivity index (χ0n) is 21.8. The van der Waals surface area contributed by atoms with Crippen molar-refractivity contribution in [3.05, 3.63) is 65.2 Å². The number of rotatable bonds is 10. The van der Waals surface area contributed by atoms with E-state index in [0.29, 0.717) is 17.6 Å². The predicted octanol–water partition coefficient (Wildman–Crippen LogP) is 4.66. The van der Waals surface area contributed by atoms with Crippen LogP contribution < -0.4 is 10.2 Å². The summed E-state index contributed by atoms with van der Waals surface area (Å²) < 4.78 is 0. The Balaban J connectivity index is 1.18. The molecule has 5 rings (SSSR count). The fourth-order valence-corrected chi connectivity index (χ4v) is 5.94. The van der Waals surface area contributed by atoms with Gasteiger partial charge >= 0.3 is 0 Å². The number of thioether (sulfide) groups is 1. The fraction of sp³-hybridized carbons (Fsp3) is 0.483. The highest BCUT2D eigenvalue weighted by Crippen LogP contribution is 2.30. The number of aromatic nitrogens is 3. The number of nitrogens with zero attached hydrogens (tertiary/aromatic N) is 5. The molecule has 0 radical (unpaired) electrons. The average molecular weight is 519 g/mol. The van der Waals surface area contributed by atoms with Crippen molar-refractivity contribution >= 4 is 23.7 Å². The number of aryl methyl sites for hydroxylation is 2. The molecule has 0 bridgehead atoms. The van der Waals surface area contributed by atoms with Crippen LogP contribution in [0.4, 0.5) is 11.9 Å². The molecule has 0 spiro atoms. The van der Waals surface area contributed by atoms with Gasteiger partial charge < -0.3 is 20.2 Å². The topological polar surface area (TPSA) is 77.4 Å². The second-order valence-corrected chi connectivity index (χ2v) is 11.3. The van der Waals surface area contributed by atoms with Gasteiger partial charge in [0.15, 0.2) is 5.16 Å². The van der Waals surface area contributed by atoms with E-state index < -0.39 is 0 Å². The number of benzene rings is 2. The molecule has 0 saturated carbocycles. The van der Waals surface area contributed by atoms with E-state index in [2.05, 4.69) is 58.6 Å². The first-order valence-corrected chi connectivity index (χ1v) is 14.5. The summed E-state index contributed by atoms with van der Waals surface area (Å²) in [5.74, 6) is 3.48. The van der Waals surface area contributed by atoms with Crippen molar-refractivity contribution in [1.82, 2.24) is 19.9 Å². The Labute approximate surface area is 224 Å². The van der Waals surface area contributed by atoms with Gasteiger partial charge in [0.2, 0.25) is 11.9 Å². The number of aromatic hydroxyl groups is 1. The van der Waals surface area contributed by atoms with Crippen molar-refractivity contribution in [3.63, 3.8) is 0 Å². The van der Waals surface area contributed by atoms with Gasteiger partial charge in [0.1, 0.15) is 5.75 Å². The number of anilines is 2. The number of likely N-dealkylation sites (N-methyl/N-ethyl adjacent to an activating group) is 1. The summed E-state index contributed by atoms with van der Waals surface area (Å²) in [6.07, 6.45) is 6.51. The number of phenolic OH excluding ortho intramolecular Hbond substituents is 1. The van der Waals surface area contributed by atoms with Crippen LogP contribution >= 0.6 is 11.8 Å². The van der Waals surface area contributed by atoms with Crippen LogP contribution in [0.1, 0.15) is 36.0 Å². The molecule has 196 valence electrons. The molecule has 2 aromatic carbocycles. The molecule has 1 saturated heterocycles. The summed E-state index contributed by atoms with van der Waals surface area (Å²) in [4.78, 5) is 19.1. The van der Waals surface area contributed by atoms with E-state index in [1.165, 1.54) is 16.7 Å². The molecule has 2 heterocycles. The summed E-state index contributed by atoms with van der Waals surface area (Å²) in [5, 5.41) is 14.1. The Kier molecular flexibility index (Phi) is 8.79. The third-order valence-electron chi connectivity index (χ3n) is 7.43. The Morgan fingerprint density at radius 2 is 1.84 bits per heavy atom. The molecule has 1 aliphatic heterocycles. The molecule has 1 atom stereocenters. The molecule has 1 aliphatic carbocycles. The van der Waals surface area contributed by atoms with Crippen LogP contribution in [-0.2, 0) is 19.3 Å². The zero-order chi connectivity index (χ0) is 25.5. The first kappa shape index (κ1) is 25.8. The molecule has 2 aliphatic rings. The molecule has 7 nitrogen and oxygen atoms in total. The lowest BCUT2D eigenvalue weighted by Gasteiger charge is -2.32. The molecule has 8 heteroatoms. The normalized spacial score (nSPS) is 18.0. The van der Waals surface area contributed by atoms with E-state index in [4.69, 9.17) is 15.0 Å². The van der Waals surface area contributed by atoms with E-state index in [9.17, 15) is 5.11 Å². The van der Waals surface area contributed by atoms with Crippen LogP contribution in [0.25, 0.3) is 0 Å². The van der Waals surface area contributed by atoms with Crippen LogP contribution in [0.3, 0.4) is 0 Å². The zero-order valence-corrected chi connectivity index (χ0v) is 22.6. The summed E-state index contributed by atoms with van der Waals surface area (Å²) in [5.41, 5.74) is 4.05. The molecule has 1 aromatic heterocycles. The van der Waals surface area contributed by atoms with Crippen molar-refractivity contribution in [2.45, 2.75) is 43.7 Å². The summed E-state index contributed by atoms with van der Waals surface area (Å²) >= 11 is 1.73. The number of nitrogens with one attached hydrogen (secondary N) is 1. The van der Waals surface area contributed by atoms with Crippen LogP contribution in [0.5, 0.6) is 5.75 Å². The van der Waals surface area contributed by atoms with E-state index in [1.54, 1.807) is 11.8 Å². The number of phenols is 1. The molecule has 1 unspecified atom stereocenters. The maximum absolute atomic E-state index is 9.76. The highest BCUT2D eigenvalue weighted by atomic mass is 32.2. The van der Waals surface area contributed by atoms with Crippen LogP contribution in [0.2, 0.25) is 0 Å². The minimum Gasteiger partial charge on any atom is -0.508 e. The van der Waals surface area contributed by atoms with Crippen molar-refractivity contribution in [3.8, 4) is 5.75 Å². The van der Waals surface area contributed by atoms with Crippen LogP contribution in [0, 0.1) is 5.92 Å². The van der Waals surface area contributed by atoms with E-state index in [0.717, 1.165) is 88.1 Å². The van der Waals surface area contributed by atoms with Gasteiger partial charge in [-0.2, -0.15) is 15.0 Å². The van der Waals surface area contributed by atoms with Gasteiger partial charge in [-0.3, -0.25) is 0 Å². The van der Waals surface area contributed by atoms with Gasteiger partial charge in [-0.15, -0.1) is 0 Å². The van der Waals surface area contributed by atoms with E-state index in [1.807, 2.05) is 12.1 Å². The number of piperazine rings is 1. The minimum absolute atomic E-state index is 0.374. The molecule has 3 aromatic rings. The Morgan fingerprint density at radius 3 is 2.68 bits per heavy atom. The van der Waals surface area contributed by atoms with Crippen molar-refractivity contribution in [1.29, 1.82) is 0 Å². The fourth-order valence-electron chi connectivity index (χ4n) is 5.17. The second-order valence-electron chi connectivity index (χ2n) is 10.2. The van der Waals surface area contributed by atoms with E-state index >= 15 is 0 Å². The van der Waals surface area contributed by atoms with Crippen molar-refractivity contribution < 1.29 is 5.11 Å². The average Bonchev–Trinajstić information content (AvgIpc) is 2.92. The smallest absolute Gasteiger partial charge is 0.231 e. The lowest BCUT2D eigenvalue weighted by molar-refractivity contribution is 0.311. The summed E-state index contributed by atoms with van der Waals surface area (Å²) in [6, 6.07) is 16.5. The maximum atomic E-state index is 9.76. The lowest BCUT2D eigenvalue weighted by atomic mass is 9.82.